The molecular weight excluding hydrogens is 530 g/mol. The third-order valence-electron chi connectivity index (χ3n) is 3.65. The van der Waals surface area contributed by atoms with Gasteiger partial charge in [0.1, 0.15) is 11.4 Å². The van der Waals surface area contributed by atoms with Crippen LogP contribution in [0.2, 0.25) is 0 Å². The lowest BCUT2D eigenvalue weighted by Crippen LogP contribution is -2.25. The van der Waals surface area contributed by atoms with Gasteiger partial charge in [-0.05, 0) is 98.5 Å². The maximum atomic E-state index is 12.0. The van der Waals surface area contributed by atoms with Crippen LogP contribution in [0.15, 0.2) is 37.8 Å². The normalized spacial score (nSPS) is 11.0. The number of halogens is 3. The molecule has 0 aliphatic carbocycles. The van der Waals surface area contributed by atoms with Crippen LogP contribution in [-0.4, -0.2) is 49.6 Å². The second-order valence-corrected chi connectivity index (χ2v) is 8.76. The van der Waals surface area contributed by atoms with E-state index in [1.54, 1.807) is 12.3 Å². The number of hydrogen-bond acceptors (Lipinski definition) is 3. The Bertz CT molecular complexity index is 724. The number of benzene rings is 1. The Kier molecular flexibility index (Phi) is 8.66. The number of hydrogen-bond donors (Lipinski definition) is 2. The van der Waals surface area contributed by atoms with Gasteiger partial charge < -0.3 is 19.9 Å². The molecule has 1 amide bonds. The first-order chi connectivity index (χ1) is 12.4. The highest BCUT2D eigenvalue weighted by molar-refractivity contribution is 9.11. The Morgan fingerprint density at radius 3 is 2.46 bits per heavy atom. The number of nitrogens with zero attached hydrogens (tertiary/aromatic N) is 1. The van der Waals surface area contributed by atoms with Crippen LogP contribution >= 0.6 is 47.8 Å². The van der Waals surface area contributed by atoms with Crippen LogP contribution in [0.3, 0.4) is 0 Å². The summed E-state index contributed by atoms with van der Waals surface area (Å²) in [5.41, 5.74) is 1.65. The van der Waals surface area contributed by atoms with Gasteiger partial charge in [0.2, 0.25) is 0 Å². The molecule has 0 unspecified atom stereocenters. The maximum absolute atomic E-state index is 12.0. The van der Waals surface area contributed by atoms with Gasteiger partial charge in [-0.25, -0.2) is 0 Å². The quantitative estimate of drug-likeness (QED) is 0.448. The first kappa shape index (κ1) is 21.5. The smallest absolute Gasteiger partial charge is 0.267 e. The Balaban J connectivity index is 1.85. The minimum Gasteiger partial charge on any atom is -0.491 e. The second-order valence-electron chi connectivity index (χ2n) is 6.13. The molecule has 1 heterocycles. The van der Waals surface area contributed by atoms with Crippen LogP contribution in [0.25, 0.3) is 0 Å². The number of carbonyl (C=O) groups is 1. The minimum atomic E-state index is -0.116. The predicted octanol–water partition coefficient (Wildman–Crippen LogP) is 4.61. The van der Waals surface area contributed by atoms with Crippen LogP contribution in [0.4, 0.5) is 0 Å². The van der Waals surface area contributed by atoms with E-state index in [0.717, 1.165) is 44.1 Å². The zero-order valence-electron chi connectivity index (χ0n) is 14.7. The van der Waals surface area contributed by atoms with E-state index in [-0.39, 0.29) is 5.91 Å². The molecule has 142 valence electrons. The average Bonchev–Trinajstić information content (AvgIpc) is 2.99. The Hall–Kier alpha value is -0.830. The predicted molar refractivity (Wildman–Crippen MR) is 115 cm³/mol. The molecule has 2 aromatic rings. The summed E-state index contributed by atoms with van der Waals surface area (Å²) in [6.07, 6.45) is 3.43. The molecule has 5 nitrogen and oxygen atoms in total. The van der Waals surface area contributed by atoms with Crippen LogP contribution in [0, 0.1) is 0 Å². The van der Waals surface area contributed by atoms with Crippen molar-refractivity contribution in [3.05, 3.63) is 49.1 Å². The van der Waals surface area contributed by atoms with Gasteiger partial charge in [0, 0.05) is 23.8 Å². The summed E-state index contributed by atoms with van der Waals surface area (Å²) >= 11 is 10.5. The molecule has 0 bridgehead atoms. The van der Waals surface area contributed by atoms with Gasteiger partial charge in [0.25, 0.3) is 5.91 Å². The molecule has 0 radical (unpaired) electrons. The third-order valence-corrected chi connectivity index (χ3v) is 5.28. The molecule has 1 aromatic heterocycles. The highest BCUT2D eigenvalue weighted by Gasteiger charge is 2.11. The topological polar surface area (TPSA) is 57.4 Å². The van der Waals surface area contributed by atoms with E-state index in [4.69, 9.17) is 4.74 Å². The first-order valence-electron chi connectivity index (χ1n) is 8.24. The lowest BCUT2D eigenvalue weighted by Gasteiger charge is -2.14. The summed E-state index contributed by atoms with van der Waals surface area (Å²) in [5, 5.41) is 2.91. The summed E-state index contributed by atoms with van der Waals surface area (Å²) < 4.78 is 8.55. The van der Waals surface area contributed by atoms with Crippen molar-refractivity contribution in [2.24, 2.45) is 0 Å². The largest absolute Gasteiger partial charge is 0.491 e. The Morgan fingerprint density at radius 2 is 1.88 bits per heavy atom. The standard InChI is InChI=1S/C18H22Br3N3O2/c1-24(2)6-3-7-26-17-14(20)8-12(9-15(17)21)4-5-22-18(25)16-10-13(19)11-23-16/h8-11,23H,3-7H2,1-2H3,(H,22,25). The van der Waals surface area contributed by atoms with Crippen molar-refractivity contribution in [2.75, 3.05) is 33.8 Å². The molecule has 2 N–H and O–H groups in total. The van der Waals surface area contributed by atoms with Crippen molar-refractivity contribution in [3.8, 4) is 5.75 Å². The van der Waals surface area contributed by atoms with E-state index in [1.807, 2.05) is 26.2 Å². The fraction of sp³-hybridized carbons (Fsp3) is 0.389. The molecular formula is C18H22Br3N3O2. The first-order valence-corrected chi connectivity index (χ1v) is 10.6. The molecule has 26 heavy (non-hydrogen) atoms. The summed E-state index contributed by atoms with van der Waals surface area (Å²) in [7, 11) is 4.10. The third kappa shape index (κ3) is 6.72. The molecule has 0 fully saturated rings. The maximum Gasteiger partial charge on any atom is 0.267 e. The van der Waals surface area contributed by atoms with Gasteiger partial charge in [-0.3, -0.25) is 4.79 Å². The zero-order valence-corrected chi connectivity index (χ0v) is 19.5. The number of amides is 1. The number of carbonyl (C=O) groups excluding carboxylic acids is 1. The van der Waals surface area contributed by atoms with Gasteiger partial charge in [-0.15, -0.1) is 0 Å². The monoisotopic (exact) mass is 549 g/mol. The molecule has 0 aliphatic rings. The number of nitrogens with one attached hydrogen (secondary N) is 2. The summed E-state index contributed by atoms with van der Waals surface area (Å²) in [6.45, 7) is 2.21. The fourth-order valence-electron chi connectivity index (χ4n) is 2.36. The van der Waals surface area contributed by atoms with Crippen LogP contribution < -0.4 is 10.1 Å². The van der Waals surface area contributed by atoms with E-state index in [0.29, 0.717) is 18.8 Å². The molecule has 1 aromatic carbocycles. The lowest BCUT2D eigenvalue weighted by atomic mass is 10.1. The van der Waals surface area contributed by atoms with Gasteiger partial charge in [-0.1, -0.05) is 0 Å². The number of H-pyrrole nitrogens is 1. The van der Waals surface area contributed by atoms with E-state index in [2.05, 4.69) is 63.0 Å². The highest BCUT2D eigenvalue weighted by Crippen LogP contribution is 2.35. The van der Waals surface area contributed by atoms with Crippen LogP contribution in [0.5, 0.6) is 5.75 Å². The van der Waals surface area contributed by atoms with Crippen molar-refractivity contribution < 1.29 is 9.53 Å². The molecule has 2 rings (SSSR count). The van der Waals surface area contributed by atoms with E-state index in [1.165, 1.54) is 0 Å². The highest BCUT2D eigenvalue weighted by atomic mass is 79.9. The lowest BCUT2D eigenvalue weighted by molar-refractivity contribution is 0.0950. The Morgan fingerprint density at radius 1 is 1.19 bits per heavy atom. The number of aromatic nitrogens is 1. The van der Waals surface area contributed by atoms with Crippen molar-refractivity contribution in [1.29, 1.82) is 0 Å². The van der Waals surface area contributed by atoms with Gasteiger partial charge in [-0.2, -0.15) is 0 Å². The van der Waals surface area contributed by atoms with Crippen molar-refractivity contribution >= 4 is 53.7 Å². The number of ether oxygens (including phenoxy) is 1. The van der Waals surface area contributed by atoms with Gasteiger partial charge in [0.05, 0.1) is 15.6 Å². The van der Waals surface area contributed by atoms with E-state index < -0.39 is 0 Å². The average molecular weight is 552 g/mol. The van der Waals surface area contributed by atoms with E-state index in [9.17, 15) is 4.79 Å². The van der Waals surface area contributed by atoms with Crippen LogP contribution in [0.1, 0.15) is 22.5 Å². The minimum absolute atomic E-state index is 0.116. The second kappa shape index (κ2) is 10.5. The van der Waals surface area contributed by atoms with Gasteiger partial charge in [0.15, 0.2) is 0 Å². The van der Waals surface area contributed by atoms with Crippen molar-refractivity contribution in [1.82, 2.24) is 15.2 Å². The van der Waals surface area contributed by atoms with E-state index >= 15 is 0 Å². The fourth-order valence-corrected chi connectivity index (χ4v) is 4.22. The molecule has 0 saturated heterocycles. The zero-order chi connectivity index (χ0) is 19.1. The molecule has 0 saturated carbocycles. The molecule has 0 aliphatic heterocycles. The van der Waals surface area contributed by atoms with Crippen molar-refractivity contribution in [2.45, 2.75) is 12.8 Å². The van der Waals surface area contributed by atoms with Gasteiger partial charge >= 0.3 is 0 Å². The Labute approximate surface area is 179 Å². The summed E-state index contributed by atoms with van der Waals surface area (Å²) in [6, 6.07) is 5.82. The van der Waals surface area contributed by atoms with Crippen LogP contribution in [-0.2, 0) is 6.42 Å². The number of rotatable bonds is 9. The summed E-state index contributed by atoms with van der Waals surface area (Å²) in [5.74, 6) is 0.697. The SMILES string of the molecule is CN(C)CCCOc1c(Br)cc(CCNC(=O)c2cc(Br)c[nH]2)cc1Br. The molecule has 0 atom stereocenters. The summed E-state index contributed by atoms with van der Waals surface area (Å²) in [4.78, 5) is 17.1. The number of aromatic amines is 1. The molecule has 8 heteroatoms. The van der Waals surface area contributed by atoms with Crippen molar-refractivity contribution in [3.63, 3.8) is 0 Å². The molecule has 0 spiro atoms.